The van der Waals surface area contributed by atoms with Crippen LogP contribution in [0.2, 0.25) is 0 Å². The van der Waals surface area contributed by atoms with Crippen molar-refractivity contribution >= 4 is 22.8 Å². The first kappa shape index (κ1) is 20.5. The van der Waals surface area contributed by atoms with E-state index in [1.54, 1.807) is 13.8 Å². The zero-order chi connectivity index (χ0) is 21.5. The molecule has 2 atom stereocenters. The third-order valence-electron chi connectivity index (χ3n) is 5.40. The van der Waals surface area contributed by atoms with Crippen LogP contribution in [0.1, 0.15) is 47.8 Å². The average molecular weight is 401 g/mol. The van der Waals surface area contributed by atoms with Crippen LogP contribution >= 0.6 is 0 Å². The molecule has 3 aromatic rings. The van der Waals surface area contributed by atoms with Gasteiger partial charge in [-0.15, -0.1) is 0 Å². The molecule has 2 N–H and O–H groups in total. The minimum absolute atomic E-state index is 0.0653. The van der Waals surface area contributed by atoms with Gasteiger partial charge in [0.1, 0.15) is 5.75 Å². The number of aliphatic carboxylic acids is 1. The van der Waals surface area contributed by atoms with Crippen molar-refractivity contribution in [2.75, 3.05) is 0 Å². The molecule has 5 nitrogen and oxygen atoms in total. The number of aromatic nitrogens is 1. The maximum absolute atomic E-state index is 13.7. The molecular formula is C22H21F2NO4. The molecule has 1 heterocycles. The maximum Gasteiger partial charge on any atom is 0.311 e. The van der Waals surface area contributed by atoms with Gasteiger partial charge in [0, 0.05) is 16.6 Å². The van der Waals surface area contributed by atoms with E-state index in [0.29, 0.717) is 28.6 Å². The normalized spacial score (nSPS) is 13.4. The number of phenolic OH excluding ortho intramolecular Hbond substituents is 1. The van der Waals surface area contributed by atoms with Gasteiger partial charge < -0.3 is 10.2 Å². The number of fused-ring (bicyclic) bond motifs is 1. The number of halogens is 2. The Hall–Kier alpha value is -3.22. The minimum Gasteiger partial charge on any atom is -0.508 e. The molecule has 7 heteroatoms. The second kappa shape index (κ2) is 7.66. The molecule has 3 rings (SSSR count). The second-order valence-electron chi connectivity index (χ2n) is 7.17. The molecular weight excluding hydrogens is 380 g/mol. The number of hydrogen-bond donors (Lipinski definition) is 2. The number of carbonyl (C=O) groups excluding carboxylic acids is 1. The van der Waals surface area contributed by atoms with Crippen molar-refractivity contribution in [2.24, 2.45) is 5.92 Å². The van der Waals surface area contributed by atoms with Crippen molar-refractivity contribution in [3.05, 3.63) is 64.9 Å². The predicted molar refractivity (Wildman–Crippen MR) is 104 cm³/mol. The summed E-state index contributed by atoms with van der Waals surface area (Å²) in [5, 5.41) is 20.3. The zero-order valence-electron chi connectivity index (χ0n) is 16.2. The zero-order valence-corrected chi connectivity index (χ0v) is 16.2. The van der Waals surface area contributed by atoms with Crippen LogP contribution in [-0.4, -0.2) is 26.7 Å². The molecule has 1 unspecified atom stereocenters. The number of phenols is 1. The van der Waals surface area contributed by atoms with Gasteiger partial charge in [-0.2, -0.15) is 0 Å². The first-order valence-electron chi connectivity index (χ1n) is 9.23. The fraction of sp³-hybridized carbons (Fsp3) is 0.273. The van der Waals surface area contributed by atoms with E-state index in [1.807, 2.05) is 6.92 Å². The molecule has 0 bridgehead atoms. The fourth-order valence-electron chi connectivity index (χ4n) is 3.73. The van der Waals surface area contributed by atoms with Crippen LogP contribution in [0.5, 0.6) is 5.75 Å². The van der Waals surface area contributed by atoms with Crippen LogP contribution in [0.3, 0.4) is 0 Å². The second-order valence-corrected chi connectivity index (χ2v) is 7.17. The van der Waals surface area contributed by atoms with Crippen molar-refractivity contribution in [1.82, 2.24) is 4.57 Å². The highest BCUT2D eigenvalue weighted by molar-refractivity contribution is 6.05. The number of aromatic hydroxyl groups is 1. The summed E-state index contributed by atoms with van der Waals surface area (Å²) in [6.07, 6.45) is 0.596. The van der Waals surface area contributed by atoms with E-state index in [9.17, 15) is 28.6 Å². The van der Waals surface area contributed by atoms with Gasteiger partial charge in [0.25, 0.3) is 5.91 Å². The summed E-state index contributed by atoms with van der Waals surface area (Å²) >= 11 is 0. The lowest BCUT2D eigenvalue weighted by Gasteiger charge is -2.20. The lowest BCUT2D eigenvalue weighted by Crippen LogP contribution is -2.21. The van der Waals surface area contributed by atoms with Crippen LogP contribution in [0, 0.1) is 24.5 Å². The van der Waals surface area contributed by atoms with Crippen LogP contribution in [-0.2, 0) is 4.79 Å². The van der Waals surface area contributed by atoms with Crippen LogP contribution in [0.15, 0.2) is 36.4 Å². The van der Waals surface area contributed by atoms with Gasteiger partial charge in [0.2, 0.25) is 0 Å². The lowest BCUT2D eigenvalue weighted by molar-refractivity contribution is -0.140. The highest BCUT2D eigenvalue weighted by atomic mass is 19.2. The molecule has 0 aliphatic rings. The molecule has 0 saturated carbocycles. The Morgan fingerprint density at radius 3 is 2.38 bits per heavy atom. The molecule has 0 amide bonds. The molecule has 0 saturated heterocycles. The highest BCUT2D eigenvalue weighted by Gasteiger charge is 2.32. The Morgan fingerprint density at radius 2 is 1.79 bits per heavy atom. The highest BCUT2D eigenvalue weighted by Crippen LogP contribution is 2.38. The van der Waals surface area contributed by atoms with Crippen molar-refractivity contribution in [3.8, 4) is 5.75 Å². The third kappa shape index (κ3) is 3.48. The summed E-state index contributed by atoms with van der Waals surface area (Å²) in [5.41, 5.74) is 1.13. The van der Waals surface area contributed by atoms with Crippen molar-refractivity contribution in [2.45, 2.75) is 33.1 Å². The topological polar surface area (TPSA) is 79.5 Å². The molecule has 0 spiro atoms. The number of benzene rings is 2. The Morgan fingerprint density at radius 1 is 1.10 bits per heavy atom. The summed E-state index contributed by atoms with van der Waals surface area (Å²) in [4.78, 5) is 25.2. The first-order chi connectivity index (χ1) is 13.7. The molecule has 29 heavy (non-hydrogen) atoms. The van der Waals surface area contributed by atoms with Gasteiger partial charge in [-0.05, 0) is 54.8 Å². The average Bonchev–Trinajstić information content (AvgIpc) is 2.94. The molecule has 0 aliphatic carbocycles. The minimum atomic E-state index is -1.15. The van der Waals surface area contributed by atoms with Gasteiger partial charge >= 0.3 is 5.97 Å². The van der Waals surface area contributed by atoms with Gasteiger partial charge in [-0.25, -0.2) is 8.78 Å². The quantitative estimate of drug-likeness (QED) is 0.641. The van der Waals surface area contributed by atoms with E-state index >= 15 is 0 Å². The van der Waals surface area contributed by atoms with Crippen molar-refractivity contribution in [3.63, 3.8) is 0 Å². The number of carbonyl (C=O) groups is 2. The van der Waals surface area contributed by atoms with E-state index in [2.05, 4.69) is 0 Å². The molecule has 1 aromatic heterocycles. The summed E-state index contributed by atoms with van der Waals surface area (Å²) in [5.74, 6) is -5.06. The number of nitrogens with zero attached hydrogens (tertiary/aromatic N) is 1. The molecule has 0 aliphatic heterocycles. The summed E-state index contributed by atoms with van der Waals surface area (Å²) in [6, 6.07) is 7.18. The van der Waals surface area contributed by atoms with E-state index in [0.717, 1.165) is 12.1 Å². The van der Waals surface area contributed by atoms with Crippen LogP contribution in [0.4, 0.5) is 8.78 Å². The maximum atomic E-state index is 13.7. The van der Waals surface area contributed by atoms with Gasteiger partial charge in [-0.1, -0.05) is 20.3 Å². The molecule has 2 aromatic carbocycles. The van der Waals surface area contributed by atoms with E-state index in [1.165, 1.54) is 28.8 Å². The molecule has 0 fully saturated rings. The SMILES string of the molecule is CC[C@H](C)C(C(=O)O)c1c(C)n(C(=O)c2ccc(F)c(F)c2)c2ccc(O)cc12. The number of carboxylic acid groups (broad SMARTS) is 1. The Balaban J connectivity index is 2.31. The van der Waals surface area contributed by atoms with Crippen LogP contribution in [0.25, 0.3) is 10.9 Å². The van der Waals surface area contributed by atoms with Gasteiger partial charge in [-0.3, -0.25) is 14.2 Å². The predicted octanol–water partition coefficient (Wildman–Crippen LogP) is 4.84. The summed E-state index contributed by atoms with van der Waals surface area (Å²) in [7, 11) is 0. The van der Waals surface area contributed by atoms with E-state index in [4.69, 9.17) is 0 Å². The lowest BCUT2D eigenvalue weighted by atomic mass is 9.84. The monoisotopic (exact) mass is 401 g/mol. The smallest absolute Gasteiger partial charge is 0.311 e. The van der Waals surface area contributed by atoms with Crippen molar-refractivity contribution in [1.29, 1.82) is 0 Å². The summed E-state index contributed by atoms with van der Waals surface area (Å²) < 4.78 is 28.2. The van der Waals surface area contributed by atoms with Crippen LogP contribution < -0.4 is 0 Å². The first-order valence-corrected chi connectivity index (χ1v) is 9.23. The third-order valence-corrected chi connectivity index (χ3v) is 5.40. The summed E-state index contributed by atoms with van der Waals surface area (Å²) in [6.45, 7) is 5.29. The standard InChI is InChI=1S/C22H21F2NO4/c1-4-11(2)19(22(28)29)20-12(3)25(18-8-6-14(26)10-15(18)20)21(27)13-5-7-16(23)17(24)9-13/h5-11,19,26H,4H2,1-3H3,(H,28,29)/t11-,19?/m0/s1. The molecule has 0 radical (unpaired) electrons. The number of rotatable bonds is 5. The Labute approximate surface area is 166 Å². The van der Waals surface area contributed by atoms with E-state index < -0.39 is 29.4 Å². The van der Waals surface area contributed by atoms with Crippen molar-refractivity contribution < 1.29 is 28.6 Å². The fourth-order valence-corrected chi connectivity index (χ4v) is 3.73. The van der Waals surface area contributed by atoms with Gasteiger partial charge in [0.15, 0.2) is 11.6 Å². The largest absolute Gasteiger partial charge is 0.508 e. The van der Waals surface area contributed by atoms with Gasteiger partial charge in [0.05, 0.1) is 11.4 Å². The number of carboxylic acids is 1. The molecule has 152 valence electrons. The number of hydrogen-bond acceptors (Lipinski definition) is 3. The van der Waals surface area contributed by atoms with E-state index in [-0.39, 0.29) is 17.2 Å². The Kier molecular flexibility index (Phi) is 5.42. The Bertz CT molecular complexity index is 1120.